The minimum Gasteiger partial charge on any atom is -0.316 e. The van der Waals surface area contributed by atoms with Crippen molar-refractivity contribution in [3.8, 4) is 0 Å². The van der Waals surface area contributed by atoms with E-state index in [1.165, 1.54) is 63.6 Å². The Labute approximate surface area is 246 Å². The molecule has 2 nitrogen and oxygen atoms in total. The van der Waals surface area contributed by atoms with E-state index >= 15 is 0 Å². The molecule has 4 aliphatic rings. The quantitative estimate of drug-likeness (QED) is 0.362. The molecule has 208 valence electrons. The van der Waals surface area contributed by atoms with Crippen molar-refractivity contribution in [2.45, 2.75) is 73.2 Å². The molecule has 0 saturated carbocycles. The van der Waals surface area contributed by atoms with Gasteiger partial charge in [0.25, 0.3) is 0 Å². The molecule has 4 aliphatic heterocycles. The number of rotatable bonds is 6. The van der Waals surface area contributed by atoms with E-state index in [9.17, 15) is 0 Å². The first-order chi connectivity index (χ1) is 19.7. The van der Waals surface area contributed by atoms with Crippen LogP contribution in [0.2, 0.25) is 5.31 Å². The molecule has 5 unspecified atom stereocenters. The Hall–Kier alpha value is -2.01. The van der Waals surface area contributed by atoms with Crippen molar-refractivity contribution >= 4 is 29.4 Å². The predicted molar refractivity (Wildman–Crippen MR) is 173 cm³/mol. The number of hydrogen-bond donors (Lipinski definition) is 1. The summed E-state index contributed by atoms with van der Waals surface area (Å²) < 4.78 is 0. The number of likely N-dealkylation sites (tertiary alicyclic amines) is 1. The van der Waals surface area contributed by atoms with E-state index in [1.807, 2.05) is 0 Å². The molecule has 5 atom stereocenters. The highest BCUT2D eigenvalue weighted by molar-refractivity contribution is 8.00. The smallest absolute Gasteiger partial charge is 0.216 e. The average Bonchev–Trinajstić information content (AvgIpc) is 3.00. The van der Waals surface area contributed by atoms with Crippen LogP contribution in [0.15, 0.2) is 83.8 Å². The van der Waals surface area contributed by atoms with E-state index in [-0.39, 0.29) is 10.7 Å². The van der Waals surface area contributed by atoms with E-state index in [0.717, 1.165) is 13.1 Å². The van der Waals surface area contributed by atoms with Gasteiger partial charge in [0.05, 0.1) is 0 Å². The van der Waals surface area contributed by atoms with Crippen LogP contribution in [-0.4, -0.2) is 49.6 Å². The summed E-state index contributed by atoms with van der Waals surface area (Å²) in [6.07, 6.45) is 7.69. The van der Waals surface area contributed by atoms with Crippen molar-refractivity contribution in [2.75, 3.05) is 32.7 Å². The molecule has 2 fully saturated rings. The van der Waals surface area contributed by atoms with Crippen LogP contribution in [0.3, 0.4) is 0 Å². The fourth-order valence-corrected chi connectivity index (χ4v) is 11.4. The second-order valence-corrected chi connectivity index (χ2v) is 14.3. The fourth-order valence-electron chi connectivity index (χ4n) is 9.82. The molecular weight excluding hydrogens is 503 g/mol. The van der Waals surface area contributed by atoms with Crippen LogP contribution in [0.5, 0.6) is 0 Å². The highest BCUT2D eigenvalue weighted by atomic mass is 32.2. The lowest BCUT2D eigenvalue weighted by Crippen LogP contribution is -2.72. The van der Waals surface area contributed by atoms with Crippen LogP contribution < -0.4 is 16.2 Å². The predicted octanol–water partition coefficient (Wildman–Crippen LogP) is 6.34. The first-order valence-corrected chi connectivity index (χ1v) is 17.0. The first kappa shape index (κ1) is 26.9. The number of benzene rings is 3. The maximum atomic E-state index is 3.99. The maximum absolute atomic E-state index is 3.99. The van der Waals surface area contributed by atoms with E-state index in [1.54, 1.807) is 21.5 Å². The third kappa shape index (κ3) is 4.00. The van der Waals surface area contributed by atoms with Crippen molar-refractivity contribution < 1.29 is 0 Å². The van der Waals surface area contributed by atoms with E-state index in [4.69, 9.17) is 0 Å². The van der Waals surface area contributed by atoms with Gasteiger partial charge in [0.1, 0.15) is 0 Å². The van der Waals surface area contributed by atoms with Crippen molar-refractivity contribution in [2.24, 2.45) is 11.8 Å². The summed E-state index contributed by atoms with van der Waals surface area (Å²) in [7, 11) is 0. The molecule has 7 rings (SSSR count). The first-order valence-electron chi connectivity index (χ1n) is 16.1. The van der Waals surface area contributed by atoms with Gasteiger partial charge in [-0.25, -0.2) is 0 Å². The molecular formula is C36H45BN2S. The number of fused-ring (bicyclic) bond motifs is 8. The van der Waals surface area contributed by atoms with E-state index in [0.29, 0.717) is 23.8 Å². The third-order valence-electron chi connectivity index (χ3n) is 11.2. The molecule has 40 heavy (non-hydrogen) atoms. The Bertz CT molecular complexity index is 1330. The highest BCUT2D eigenvalue weighted by Gasteiger charge is 2.66. The minimum atomic E-state index is 0.0296. The molecule has 0 radical (unpaired) electrons. The normalized spacial score (nSPS) is 31.2. The van der Waals surface area contributed by atoms with Gasteiger partial charge in [-0.1, -0.05) is 117 Å². The number of nitrogens with zero attached hydrogens (tertiary/aromatic N) is 1. The van der Waals surface area contributed by atoms with Gasteiger partial charge in [0.15, 0.2) is 0 Å². The summed E-state index contributed by atoms with van der Waals surface area (Å²) in [4.78, 5) is 4.39. The fraction of sp³-hybridized carbons (Fsp3) is 0.500. The molecule has 3 aromatic rings. The van der Waals surface area contributed by atoms with Crippen LogP contribution in [0, 0.1) is 11.8 Å². The lowest BCUT2D eigenvalue weighted by Gasteiger charge is -2.66. The molecule has 0 aromatic heterocycles. The molecule has 3 aromatic carbocycles. The van der Waals surface area contributed by atoms with Gasteiger partial charge in [-0.2, -0.15) is 0 Å². The van der Waals surface area contributed by atoms with Crippen molar-refractivity contribution in [3.05, 3.63) is 90.0 Å². The third-order valence-corrected chi connectivity index (χ3v) is 12.6. The zero-order valence-electron chi connectivity index (χ0n) is 24.4. The summed E-state index contributed by atoms with van der Waals surface area (Å²) in [5.41, 5.74) is 6.44. The van der Waals surface area contributed by atoms with E-state index in [2.05, 4.69) is 115 Å². The monoisotopic (exact) mass is 548 g/mol. The molecule has 1 N–H and O–H groups in total. The lowest BCUT2D eigenvalue weighted by molar-refractivity contribution is 0.0609. The van der Waals surface area contributed by atoms with Gasteiger partial charge in [0, 0.05) is 22.1 Å². The zero-order valence-corrected chi connectivity index (χ0v) is 25.3. The molecule has 4 heteroatoms. The summed E-state index contributed by atoms with van der Waals surface area (Å²) in [6.45, 7) is 11.2. The number of unbranched alkanes of at least 4 members (excludes halogenated alkanes) is 1. The minimum absolute atomic E-state index is 0.0296. The summed E-state index contributed by atoms with van der Waals surface area (Å²) >= 11 is 2.21. The van der Waals surface area contributed by atoms with Crippen LogP contribution >= 0.6 is 11.8 Å². The zero-order chi connectivity index (χ0) is 27.2. The Morgan fingerprint density at radius 3 is 2.52 bits per heavy atom. The average molecular weight is 549 g/mol. The Kier molecular flexibility index (Phi) is 7.39. The van der Waals surface area contributed by atoms with Gasteiger partial charge in [-0.05, 0) is 79.8 Å². The maximum Gasteiger partial charge on any atom is 0.216 e. The van der Waals surface area contributed by atoms with Gasteiger partial charge in [-0.3, -0.25) is 0 Å². The van der Waals surface area contributed by atoms with E-state index < -0.39 is 0 Å². The van der Waals surface area contributed by atoms with Crippen LogP contribution in [0.4, 0.5) is 0 Å². The van der Waals surface area contributed by atoms with Crippen molar-refractivity contribution in [1.29, 1.82) is 0 Å². The molecule has 0 bridgehead atoms. The van der Waals surface area contributed by atoms with Gasteiger partial charge in [-0.15, -0.1) is 11.8 Å². The molecule has 0 amide bonds. The van der Waals surface area contributed by atoms with Gasteiger partial charge >= 0.3 is 0 Å². The summed E-state index contributed by atoms with van der Waals surface area (Å²) in [6, 6.07) is 31.0. The number of piperidine rings is 2. The molecule has 0 aliphatic carbocycles. The topological polar surface area (TPSA) is 15.3 Å². The Balaban J connectivity index is 1.53. The Morgan fingerprint density at radius 1 is 0.925 bits per heavy atom. The lowest BCUT2D eigenvalue weighted by atomic mass is 9.17. The standard InChI is InChI=1S/C36H45BN2S/c1-3-5-23-39-24-19-33-30(26-39)36(29-16-10-12-18-32(29)40-33)28-15-9-11-17-31(28)37(27-13-7-6-8-14-27)35(20-4-2)21-22-38-25-34(35)36/h6-18,30,33-34,38H,3-5,19-26H2,1-2H3. The highest BCUT2D eigenvalue weighted by Crippen LogP contribution is 2.67. The van der Waals surface area contributed by atoms with Gasteiger partial charge < -0.3 is 10.2 Å². The molecule has 1 spiro atoms. The molecule has 4 heterocycles. The Morgan fingerprint density at radius 2 is 1.70 bits per heavy atom. The number of thioether (sulfide) groups is 1. The summed E-state index contributed by atoms with van der Waals surface area (Å²) in [5, 5.41) is 4.91. The second kappa shape index (κ2) is 11.0. The molecule has 2 saturated heterocycles. The number of hydrogen-bond acceptors (Lipinski definition) is 3. The van der Waals surface area contributed by atoms with Crippen molar-refractivity contribution in [1.82, 2.24) is 10.2 Å². The summed E-state index contributed by atoms with van der Waals surface area (Å²) in [5.74, 6) is 1.19. The van der Waals surface area contributed by atoms with Crippen LogP contribution in [0.25, 0.3) is 0 Å². The van der Waals surface area contributed by atoms with Crippen LogP contribution in [-0.2, 0) is 5.41 Å². The van der Waals surface area contributed by atoms with Crippen molar-refractivity contribution in [3.63, 3.8) is 0 Å². The van der Waals surface area contributed by atoms with Crippen LogP contribution in [0.1, 0.15) is 63.5 Å². The number of nitrogens with one attached hydrogen (secondary N) is 1. The second-order valence-electron chi connectivity index (χ2n) is 13.0. The van der Waals surface area contributed by atoms with Gasteiger partial charge in [0.2, 0.25) is 6.71 Å². The SMILES string of the molecule is CCCCN1CCC2Sc3ccccc3C3(c4ccccc4B(c4ccccc4)C4(CCC)CCNCC43)C2C1. The largest absolute Gasteiger partial charge is 0.316 e.